The van der Waals surface area contributed by atoms with Crippen molar-refractivity contribution >= 4 is 41.1 Å². The van der Waals surface area contributed by atoms with Crippen LogP contribution in [-0.4, -0.2) is 41.4 Å². The summed E-state index contributed by atoms with van der Waals surface area (Å²) in [7, 11) is 0. The lowest BCUT2D eigenvalue weighted by atomic mass is 10.1. The molecule has 2 N–H and O–H groups in total. The van der Waals surface area contributed by atoms with Crippen molar-refractivity contribution in [3.05, 3.63) is 63.1 Å². The molecular weight excluding hydrogens is 397 g/mol. The summed E-state index contributed by atoms with van der Waals surface area (Å²) >= 11 is 12.0. The van der Waals surface area contributed by atoms with Crippen LogP contribution in [0.25, 0.3) is 0 Å². The van der Waals surface area contributed by atoms with Crippen LogP contribution in [-0.2, 0) is 6.42 Å². The molecule has 2 atom stereocenters. The van der Waals surface area contributed by atoms with Crippen LogP contribution in [0.5, 0.6) is 0 Å². The highest BCUT2D eigenvalue weighted by atomic mass is 35.5. The number of halogens is 2. The van der Waals surface area contributed by atoms with Crippen LogP contribution < -0.4 is 5.32 Å². The van der Waals surface area contributed by atoms with Crippen molar-refractivity contribution in [2.45, 2.75) is 31.4 Å². The van der Waals surface area contributed by atoms with Gasteiger partial charge in [0.05, 0.1) is 24.2 Å². The number of nitrogens with one attached hydrogen (secondary N) is 1. The van der Waals surface area contributed by atoms with E-state index >= 15 is 0 Å². The molecule has 1 aliphatic heterocycles. The fourth-order valence-electron chi connectivity index (χ4n) is 3.78. The van der Waals surface area contributed by atoms with Gasteiger partial charge in [-0.15, -0.1) is 0 Å². The summed E-state index contributed by atoms with van der Waals surface area (Å²) in [6.45, 7) is 2.07. The van der Waals surface area contributed by atoms with Gasteiger partial charge in [0, 0.05) is 35.1 Å². The van der Waals surface area contributed by atoms with Crippen molar-refractivity contribution in [2.75, 3.05) is 13.1 Å². The molecule has 4 rings (SSSR count). The predicted octanol–water partition coefficient (Wildman–Crippen LogP) is 4.14. The molecule has 1 saturated heterocycles. The molecule has 1 aliphatic carbocycles. The van der Waals surface area contributed by atoms with Crippen molar-refractivity contribution in [2.24, 2.45) is 4.99 Å². The van der Waals surface area contributed by atoms with Gasteiger partial charge in [0.2, 0.25) is 0 Å². The Morgan fingerprint density at radius 1 is 1.14 bits per heavy atom. The molecule has 146 valence electrons. The first-order valence-electron chi connectivity index (χ1n) is 9.36. The van der Waals surface area contributed by atoms with Gasteiger partial charge < -0.3 is 15.3 Å². The van der Waals surface area contributed by atoms with Crippen molar-refractivity contribution in [1.29, 1.82) is 0 Å². The predicted molar refractivity (Wildman–Crippen MR) is 112 cm³/mol. The van der Waals surface area contributed by atoms with E-state index in [9.17, 15) is 9.90 Å². The Hall–Kier alpha value is -2.08. The molecular formula is C21H21Cl2N3O2. The van der Waals surface area contributed by atoms with E-state index in [4.69, 9.17) is 23.2 Å². The van der Waals surface area contributed by atoms with Crippen LogP contribution in [0, 0.1) is 0 Å². The molecule has 1 fully saturated rings. The number of likely N-dealkylation sites (tertiary alicyclic amines) is 1. The minimum Gasteiger partial charge on any atom is -0.390 e. The van der Waals surface area contributed by atoms with Gasteiger partial charge in [-0.25, -0.2) is 4.99 Å². The SMILES string of the molecule is O=C(N[C@@H]1c2cc(N=CN3CCCC3)ccc2C[C@H]1O)c1cc(Cl)cc(Cl)c1. The third-order valence-electron chi connectivity index (χ3n) is 5.20. The number of hydrogen-bond acceptors (Lipinski definition) is 3. The summed E-state index contributed by atoms with van der Waals surface area (Å²) in [5.41, 5.74) is 3.08. The number of hydrogen-bond donors (Lipinski definition) is 2. The van der Waals surface area contributed by atoms with Gasteiger partial charge in [0.1, 0.15) is 0 Å². The van der Waals surface area contributed by atoms with Crippen LogP contribution in [0.2, 0.25) is 10.0 Å². The molecule has 5 nitrogen and oxygen atoms in total. The lowest BCUT2D eigenvalue weighted by Gasteiger charge is -2.18. The van der Waals surface area contributed by atoms with Crippen LogP contribution in [0.4, 0.5) is 5.69 Å². The molecule has 28 heavy (non-hydrogen) atoms. The number of benzene rings is 2. The summed E-state index contributed by atoms with van der Waals surface area (Å²) in [6.07, 6.45) is 4.08. The van der Waals surface area contributed by atoms with E-state index in [-0.39, 0.29) is 5.91 Å². The molecule has 0 spiro atoms. The van der Waals surface area contributed by atoms with Crippen LogP contribution >= 0.6 is 23.2 Å². The lowest BCUT2D eigenvalue weighted by Crippen LogP contribution is -2.33. The van der Waals surface area contributed by atoms with E-state index in [1.807, 2.05) is 24.5 Å². The zero-order chi connectivity index (χ0) is 19.7. The molecule has 0 radical (unpaired) electrons. The number of fused-ring (bicyclic) bond motifs is 1. The van der Waals surface area contributed by atoms with Crippen molar-refractivity contribution in [3.63, 3.8) is 0 Å². The lowest BCUT2D eigenvalue weighted by molar-refractivity contribution is 0.0858. The fraction of sp³-hybridized carbons (Fsp3) is 0.333. The molecule has 2 aromatic carbocycles. The fourth-order valence-corrected chi connectivity index (χ4v) is 4.30. The van der Waals surface area contributed by atoms with Crippen LogP contribution in [0.1, 0.15) is 40.4 Å². The van der Waals surface area contributed by atoms with Gasteiger partial charge in [-0.3, -0.25) is 4.79 Å². The molecule has 0 aromatic heterocycles. The largest absolute Gasteiger partial charge is 0.390 e. The van der Waals surface area contributed by atoms with E-state index in [0.717, 1.165) is 29.9 Å². The van der Waals surface area contributed by atoms with E-state index in [1.165, 1.54) is 12.8 Å². The molecule has 1 amide bonds. The minimum absolute atomic E-state index is 0.327. The highest BCUT2D eigenvalue weighted by molar-refractivity contribution is 6.35. The topological polar surface area (TPSA) is 64.9 Å². The number of rotatable bonds is 4. The van der Waals surface area contributed by atoms with Crippen molar-refractivity contribution < 1.29 is 9.90 Å². The summed E-state index contributed by atoms with van der Waals surface area (Å²) < 4.78 is 0. The zero-order valence-corrected chi connectivity index (χ0v) is 16.7. The van der Waals surface area contributed by atoms with Gasteiger partial charge in [-0.1, -0.05) is 29.3 Å². The second-order valence-corrected chi connectivity index (χ2v) is 8.12. The Bertz CT molecular complexity index is 906. The molecule has 7 heteroatoms. The maximum atomic E-state index is 12.7. The first kappa shape index (κ1) is 19.2. The third-order valence-corrected chi connectivity index (χ3v) is 5.64. The number of aliphatic hydroxyl groups is 1. The zero-order valence-electron chi connectivity index (χ0n) is 15.2. The molecule has 2 aromatic rings. The number of aliphatic hydroxyl groups excluding tert-OH is 1. The third kappa shape index (κ3) is 4.17. The van der Waals surface area contributed by atoms with Gasteiger partial charge in [-0.05, 0) is 54.3 Å². The monoisotopic (exact) mass is 417 g/mol. The van der Waals surface area contributed by atoms with Gasteiger partial charge in [-0.2, -0.15) is 0 Å². The Labute approximate surface area is 174 Å². The number of carbonyl (C=O) groups is 1. The molecule has 0 saturated carbocycles. The number of carbonyl (C=O) groups excluding carboxylic acids is 1. The average molecular weight is 418 g/mol. The average Bonchev–Trinajstić information content (AvgIpc) is 3.27. The normalized spacial score (nSPS) is 21.3. The maximum absolute atomic E-state index is 12.7. The summed E-state index contributed by atoms with van der Waals surface area (Å²) in [6, 6.07) is 10.0. The van der Waals surface area contributed by atoms with E-state index < -0.39 is 12.1 Å². The summed E-state index contributed by atoms with van der Waals surface area (Å²) in [5.74, 6) is -0.327. The van der Waals surface area contributed by atoms with E-state index in [2.05, 4.69) is 15.2 Å². The van der Waals surface area contributed by atoms with E-state index in [0.29, 0.717) is 22.0 Å². The second kappa shape index (κ2) is 8.11. The molecule has 2 aliphatic rings. The van der Waals surface area contributed by atoms with Gasteiger partial charge >= 0.3 is 0 Å². The summed E-state index contributed by atoms with van der Waals surface area (Å²) in [4.78, 5) is 19.4. The highest BCUT2D eigenvalue weighted by Crippen LogP contribution is 2.34. The molecule has 0 unspecified atom stereocenters. The first-order chi connectivity index (χ1) is 13.5. The van der Waals surface area contributed by atoms with Crippen molar-refractivity contribution in [3.8, 4) is 0 Å². The number of amides is 1. The number of aliphatic imine (C=N–C) groups is 1. The second-order valence-electron chi connectivity index (χ2n) is 7.25. The Balaban J connectivity index is 1.54. The Kier molecular flexibility index (Phi) is 5.58. The Morgan fingerprint density at radius 3 is 2.57 bits per heavy atom. The van der Waals surface area contributed by atoms with Crippen LogP contribution in [0.15, 0.2) is 41.4 Å². The van der Waals surface area contributed by atoms with Gasteiger partial charge in [0.15, 0.2) is 0 Å². The maximum Gasteiger partial charge on any atom is 0.251 e. The minimum atomic E-state index is -0.689. The standard InChI is InChI=1S/C21H21Cl2N3O2/c22-15-7-14(8-16(23)10-15)21(28)25-20-18-11-17(4-3-13(18)9-19(20)27)24-12-26-5-1-2-6-26/h3-4,7-8,10-12,19-20,27H,1-2,5-6,9H2,(H,25,28)/t19-,20-/m1/s1. The quantitative estimate of drug-likeness (QED) is 0.580. The highest BCUT2D eigenvalue weighted by Gasteiger charge is 2.32. The molecule has 1 heterocycles. The van der Waals surface area contributed by atoms with E-state index in [1.54, 1.807) is 18.2 Å². The smallest absolute Gasteiger partial charge is 0.251 e. The molecule has 0 bridgehead atoms. The number of nitrogens with zero attached hydrogens (tertiary/aromatic N) is 2. The Morgan fingerprint density at radius 2 is 1.86 bits per heavy atom. The van der Waals surface area contributed by atoms with Gasteiger partial charge in [0.25, 0.3) is 5.91 Å². The summed E-state index contributed by atoms with van der Waals surface area (Å²) in [5, 5.41) is 14.2. The van der Waals surface area contributed by atoms with Crippen LogP contribution in [0.3, 0.4) is 0 Å². The first-order valence-corrected chi connectivity index (χ1v) is 10.1. The van der Waals surface area contributed by atoms with Crippen molar-refractivity contribution in [1.82, 2.24) is 10.2 Å².